The number of aromatic nitrogens is 1. The van der Waals surface area contributed by atoms with Crippen LogP contribution in [0.15, 0.2) is 58.6 Å². The van der Waals surface area contributed by atoms with Gasteiger partial charge in [-0.05, 0) is 24.3 Å². The van der Waals surface area contributed by atoms with Crippen molar-refractivity contribution in [2.24, 2.45) is 9.98 Å². The molecular formula is C17H21Cl3FeN5. The predicted octanol–water partition coefficient (Wildman–Crippen LogP) is 5.01. The topological polar surface area (TPSA) is 44.1 Å². The predicted molar refractivity (Wildman–Crippen MR) is 110 cm³/mol. The first-order valence-corrected chi connectivity index (χ1v) is 12.0. The molecule has 2 rings (SSSR count). The third kappa shape index (κ3) is 8.88. The molecule has 0 fully saturated rings. The second-order valence-corrected chi connectivity index (χ2v) is 10.8. The number of halogens is 3. The molecule has 1 heterocycles. The monoisotopic (exact) mass is 456 g/mol. The van der Waals surface area contributed by atoms with Crippen LogP contribution in [0.5, 0.6) is 0 Å². The van der Waals surface area contributed by atoms with E-state index in [1.54, 1.807) is 12.4 Å². The summed E-state index contributed by atoms with van der Waals surface area (Å²) >= 11 is -1.33. The molecule has 1 aromatic carbocycles. The maximum absolute atomic E-state index is 4.89. The van der Waals surface area contributed by atoms with E-state index in [9.17, 15) is 0 Å². The quantitative estimate of drug-likeness (QED) is 0.370. The van der Waals surface area contributed by atoms with Gasteiger partial charge in [-0.1, -0.05) is 18.2 Å². The molecule has 1 aromatic heterocycles. The van der Waals surface area contributed by atoms with E-state index in [1.807, 2.05) is 80.5 Å². The molecule has 2 aromatic rings. The van der Waals surface area contributed by atoms with Gasteiger partial charge < -0.3 is 9.80 Å². The van der Waals surface area contributed by atoms with Gasteiger partial charge in [0.05, 0.1) is 23.3 Å². The van der Waals surface area contributed by atoms with Crippen LogP contribution in [0.2, 0.25) is 0 Å². The Balaban J connectivity index is 0.000000765. The van der Waals surface area contributed by atoms with Crippen molar-refractivity contribution >= 4 is 53.8 Å². The Morgan fingerprint density at radius 1 is 0.923 bits per heavy atom. The summed E-state index contributed by atoms with van der Waals surface area (Å²) in [5, 5.41) is 0. The van der Waals surface area contributed by atoms with Gasteiger partial charge in [0.2, 0.25) is 5.96 Å². The summed E-state index contributed by atoms with van der Waals surface area (Å²) in [6.45, 7) is 0. The number of hydrogen-bond donors (Lipinski definition) is 0. The third-order valence-corrected chi connectivity index (χ3v) is 2.93. The van der Waals surface area contributed by atoms with E-state index in [0.29, 0.717) is 0 Å². The molecule has 5 nitrogen and oxygen atoms in total. The van der Waals surface area contributed by atoms with Gasteiger partial charge >= 0.3 is 41.5 Å². The van der Waals surface area contributed by atoms with Crippen molar-refractivity contribution < 1.29 is 11.2 Å². The third-order valence-electron chi connectivity index (χ3n) is 2.93. The zero-order chi connectivity index (χ0) is 19.5. The first-order valence-electron chi connectivity index (χ1n) is 7.45. The van der Waals surface area contributed by atoms with Crippen molar-refractivity contribution in [3.8, 4) is 0 Å². The first-order chi connectivity index (χ1) is 12.3. The number of nitrogens with zero attached hydrogens (tertiary/aromatic N) is 5. The van der Waals surface area contributed by atoms with Crippen LogP contribution in [0.3, 0.4) is 0 Å². The van der Waals surface area contributed by atoms with Crippen LogP contribution in [0.1, 0.15) is 5.69 Å². The zero-order valence-electron chi connectivity index (χ0n) is 14.9. The van der Waals surface area contributed by atoms with E-state index in [0.717, 1.165) is 23.0 Å². The number of pyridine rings is 1. The molecule has 0 aliphatic heterocycles. The Kier molecular flexibility index (Phi) is 10.6. The molecule has 0 amide bonds. The molecule has 0 unspecified atom stereocenters. The molecule has 0 aliphatic carbocycles. The Morgan fingerprint density at radius 2 is 1.46 bits per heavy atom. The summed E-state index contributed by atoms with van der Waals surface area (Å²) in [5.41, 5.74) is 2.46. The maximum atomic E-state index is 4.89. The van der Waals surface area contributed by atoms with E-state index >= 15 is 0 Å². The first kappa shape index (κ1) is 22.7. The zero-order valence-corrected chi connectivity index (χ0v) is 18.3. The van der Waals surface area contributed by atoms with Crippen molar-refractivity contribution in [1.29, 1.82) is 0 Å². The van der Waals surface area contributed by atoms with Crippen LogP contribution in [0, 0.1) is 0 Å². The molecule has 0 aliphatic rings. The van der Waals surface area contributed by atoms with Crippen LogP contribution in [-0.4, -0.2) is 55.1 Å². The Morgan fingerprint density at radius 3 is 1.96 bits per heavy atom. The van der Waals surface area contributed by atoms with E-state index in [-0.39, 0.29) is 0 Å². The van der Waals surface area contributed by atoms with Crippen molar-refractivity contribution in [2.45, 2.75) is 0 Å². The van der Waals surface area contributed by atoms with Gasteiger partial charge in [0.15, 0.2) is 0 Å². The van der Waals surface area contributed by atoms with E-state index in [4.69, 9.17) is 35.3 Å². The van der Waals surface area contributed by atoms with Crippen LogP contribution in [0.4, 0.5) is 11.4 Å². The second kappa shape index (κ2) is 12.2. The molecule has 0 saturated carbocycles. The Hall–Kier alpha value is -1.30. The van der Waals surface area contributed by atoms with Gasteiger partial charge in [-0.15, -0.1) is 0 Å². The van der Waals surface area contributed by atoms with E-state index in [1.165, 1.54) is 0 Å². The fourth-order valence-corrected chi connectivity index (χ4v) is 1.96. The molecular weight excluding hydrogens is 436 g/mol. The molecule has 143 valence electrons. The molecule has 0 radical (unpaired) electrons. The van der Waals surface area contributed by atoms with Crippen LogP contribution in [0.25, 0.3) is 0 Å². The van der Waals surface area contributed by atoms with Crippen LogP contribution >= 0.6 is 30.3 Å². The number of guanidine groups is 1. The molecule has 0 saturated heterocycles. The Bertz CT molecular complexity index is 709. The number of benzene rings is 1. The van der Waals surface area contributed by atoms with Crippen LogP contribution < -0.4 is 0 Å². The minimum absolute atomic E-state index is 0.814. The summed E-state index contributed by atoms with van der Waals surface area (Å²) < 4.78 is 0. The average molecular weight is 458 g/mol. The van der Waals surface area contributed by atoms with Crippen LogP contribution in [-0.2, 0) is 11.2 Å². The van der Waals surface area contributed by atoms with Gasteiger partial charge in [-0.3, -0.25) is 9.98 Å². The van der Waals surface area contributed by atoms with Gasteiger partial charge in [-0.25, -0.2) is 4.99 Å². The van der Waals surface area contributed by atoms with Gasteiger partial charge in [0, 0.05) is 34.4 Å². The molecule has 0 atom stereocenters. The van der Waals surface area contributed by atoms with Crippen molar-refractivity contribution in [3.05, 3.63) is 54.4 Å². The van der Waals surface area contributed by atoms with Gasteiger partial charge in [-0.2, -0.15) is 0 Å². The Labute approximate surface area is 171 Å². The molecule has 0 bridgehead atoms. The molecule has 0 spiro atoms. The normalized spacial score (nSPS) is 10.7. The molecule has 26 heavy (non-hydrogen) atoms. The second-order valence-electron chi connectivity index (χ2n) is 5.35. The van der Waals surface area contributed by atoms with Crippen molar-refractivity contribution in [2.75, 3.05) is 28.2 Å². The summed E-state index contributed by atoms with van der Waals surface area (Å²) in [6, 6.07) is 13.6. The van der Waals surface area contributed by atoms with E-state index < -0.39 is 11.2 Å². The van der Waals surface area contributed by atoms with Crippen molar-refractivity contribution in [1.82, 2.24) is 14.8 Å². The summed E-state index contributed by atoms with van der Waals surface area (Å²) in [5.74, 6) is 0.862. The van der Waals surface area contributed by atoms with Gasteiger partial charge in [0.1, 0.15) is 0 Å². The fourth-order valence-electron chi connectivity index (χ4n) is 1.96. The number of aliphatic imine (C=N–C) groups is 2. The standard InChI is InChI=1S/C17H21N5.3ClH.Fe/c1-21(2)17(22(3)4)20-16-11-6-5-10-15(16)19-13-14-9-7-8-12-18-14;;;;/h5-13H,1-4H3;3*1H;/q;;;;+3/p-3. The number of rotatable bonds is 3. The SMILES string of the molecule is CN(C)C(=Nc1ccccc1N=Cc1ccccn1)N(C)C.[Cl][Fe]([Cl])[Cl]. The van der Waals surface area contributed by atoms with Crippen molar-refractivity contribution in [3.63, 3.8) is 0 Å². The molecule has 0 N–H and O–H groups in total. The average Bonchev–Trinajstić information content (AvgIpc) is 2.58. The summed E-state index contributed by atoms with van der Waals surface area (Å²) in [4.78, 5) is 17.4. The number of hydrogen-bond acceptors (Lipinski definition) is 3. The van der Waals surface area contributed by atoms with E-state index in [2.05, 4.69) is 9.98 Å². The summed E-state index contributed by atoms with van der Waals surface area (Å²) in [6.07, 6.45) is 3.50. The summed E-state index contributed by atoms with van der Waals surface area (Å²) in [7, 11) is 22.6. The minimum atomic E-state index is -1.33. The molecule has 9 heteroatoms. The van der Waals surface area contributed by atoms with Gasteiger partial charge in [0.25, 0.3) is 0 Å². The number of para-hydroxylation sites is 2. The fraction of sp³-hybridized carbons (Fsp3) is 0.235.